The van der Waals surface area contributed by atoms with Gasteiger partial charge in [-0.05, 0) is 54.7 Å². The molecule has 0 bridgehead atoms. The number of hydrogen-bond donors (Lipinski definition) is 2. The van der Waals surface area contributed by atoms with Crippen molar-refractivity contribution >= 4 is 28.9 Å². The smallest absolute Gasteiger partial charge is 0.224 e. The number of amides is 1. The Kier molecular flexibility index (Phi) is 5.49. The largest absolute Gasteiger partial charge is 0.399 e. The third-order valence-electron chi connectivity index (χ3n) is 4.73. The number of halogens is 1. The van der Waals surface area contributed by atoms with Gasteiger partial charge in [0.2, 0.25) is 5.91 Å². The molecule has 5 heteroatoms. The SMILES string of the molecule is Cc1ccc(Cl)cc1N1CCC(CNC(=O)Cc2ccc(N)cc2)C1. The molecule has 1 saturated heterocycles. The van der Waals surface area contributed by atoms with E-state index in [1.807, 2.05) is 36.4 Å². The van der Waals surface area contributed by atoms with Gasteiger partial charge in [0, 0.05) is 36.0 Å². The fourth-order valence-electron chi connectivity index (χ4n) is 3.28. The molecule has 3 N–H and O–H groups in total. The molecule has 3 rings (SSSR count). The van der Waals surface area contributed by atoms with E-state index >= 15 is 0 Å². The molecular weight excluding hydrogens is 334 g/mol. The van der Waals surface area contributed by atoms with Gasteiger partial charge >= 0.3 is 0 Å². The summed E-state index contributed by atoms with van der Waals surface area (Å²) < 4.78 is 0. The number of anilines is 2. The van der Waals surface area contributed by atoms with Gasteiger partial charge in [-0.15, -0.1) is 0 Å². The number of benzene rings is 2. The summed E-state index contributed by atoms with van der Waals surface area (Å²) in [5, 5.41) is 3.83. The monoisotopic (exact) mass is 357 g/mol. The fraction of sp³-hybridized carbons (Fsp3) is 0.350. The summed E-state index contributed by atoms with van der Waals surface area (Å²) in [5.41, 5.74) is 9.79. The topological polar surface area (TPSA) is 58.4 Å². The van der Waals surface area contributed by atoms with E-state index in [0.717, 1.165) is 30.1 Å². The lowest BCUT2D eigenvalue weighted by Crippen LogP contribution is -2.32. The van der Waals surface area contributed by atoms with Crippen LogP contribution < -0.4 is 16.0 Å². The van der Waals surface area contributed by atoms with Crippen LogP contribution in [0.1, 0.15) is 17.5 Å². The summed E-state index contributed by atoms with van der Waals surface area (Å²) in [4.78, 5) is 14.5. The second kappa shape index (κ2) is 7.79. The fourth-order valence-corrected chi connectivity index (χ4v) is 3.45. The van der Waals surface area contributed by atoms with Crippen LogP contribution in [0.15, 0.2) is 42.5 Å². The third-order valence-corrected chi connectivity index (χ3v) is 4.97. The molecule has 1 aliphatic rings. The van der Waals surface area contributed by atoms with Crippen molar-refractivity contribution < 1.29 is 4.79 Å². The van der Waals surface area contributed by atoms with Crippen LogP contribution in [0.5, 0.6) is 0 Å². The number of nitrogen functional groups attached to an aromatic ring is 1. The minimum atomic E-state index is 0.0576. The zero-order chi connectivity index (χ0) is 17.8. The Morgan fingerprint density at radius 1 is 1.28 bits per heavy atom. The van der Waals surface area contributed by atoms with Crippen molar-refractivity contribution in [3.05, 3.63) is 58.6 Å². The highest BCUT2D eigenvalue weighted by Gasteiger charge is 2.24. The van der Waals surface area contributed by atoms with Crippen LogP contribution in [-0.4, -0.2) is 25.5 Å². The van der Waals surface area contributed by atoms with Gasteiger partial charge in [-0.2, -0.15) is 0 Å². The van der Waals surface area contributed by atoms with Crippen molar-refractivity contribution in [1.29, 1.82) is 0 Å². The maximum Gasteiger partial charge on any atom is 0.224 e. The number of hydrogen-bond acceptors (Lipinski definition) is 3. The molecule has 2 aromatic carbocycles. The molecule has 0 saturated carbocycles. The van der Waals surface area contributed by atoms with Crippen LogP contribution >= 0.6 is 11.6 Å². The lowest BCUT2D eigenvalue weighted by Gasteiger charge is -2.21. The molecule has 0 radical (unpaired) electrons. The molecule has 1 unspecified atom stereocenters. The highest BCUT2D eigenvalue weighted by molar-refractivity contribution is 6.30. The van der Waals surface area contributed by atoms with Crippen LogP contribution in [0.2, 0.25) is 5.02 Å². The average molecular weight is 358 g/mol. The molecule has 1 atom stereocenters. The minimum Gasteiger partial charge on any atom is -0.399 e. The molecule has 0 spiro atoms. The quantitative estimate of drug-likeness (QED) is 0.806. The molecular formula is C20H24ClN3O. The van der Waals surface area contributed by atoms with Crippen molar-refractivity contribution in [2.75, 3.05) is 30.3 Å². The maximum absolute atomic E-state index is 12.1. The van der Waals surface area contributed by atoms with Gasteiger partial charge in [0.05, 0.1) is 6.42 Å². The van der Waals surface area contributed by atoms with E-state index in [-0.39, 0.29) is 5.91 Å². The molecule has 1 fully saturated rings. The first-order valence-electron chi connectivity index (χ1n) is 8.63. The lowest BCUT2D eigenvalue weighted by molar-refractivity contribution is -0.120. The van der Waals surface area contributed by atoms with E-state index in [0.29, 0.717) is 24.6 Å². The highest BCUT2D eigenvalue weighted by Crippen LogP contribution is 2.29. The van der Waals surface area contributed by atoms with E-state index in [2.05, 4.69) is 23.2 Å². The molecule has 0 aromatic heterocycles. The van der Waals surface area contributed by atoms with Gasteiger partial charge in [-0.25, -0.2) is 0 Å². The zero-order valence-corrected chi connectivity index (χ0v) is 15.2. The number of nitrogens with one attached hydrogen (secondary N) is 1. The Bertz CT molecular complexity index is 745. The Morgan fingerprint density at radius 3 is 2.80 bits per heavy atom. The maximum atomic E-state index is 12.1. The minimum absolute atomic E-state index is 0.0576. The van der Waals surface area contributed by atoms with Gasteiger partial charge in [0.1, 0.15) is 0 Å². The number of nitrogens with two attached hydrogens (primary N) is 1. The van der Waals surface area contributed by atoms with Crippen LogP contribution in [-0.2, 0) is 11.2 Å². The summed E-state index contributed by atoms with van der Waals surface area (Å²) in [7, 11) is 0. The average Bonchev–Trinajstić information content (AvgIpc) is 3.06. The lowest BCUT2D eigenvalue weighted by atomic mass is 10.1. The first-order valence-corrected chi connectivity index (χ1v) is 9.01. The van der Waals surface area contributed by atoms with E-state index in [4.69, 9.17) is 17.3 Å². The predicted octanol–water partition coefficient (Wildman–Crippen LogP) is 3.42. The van der Waals surface area contributed by atoms with E-state index in [1.54, 1.807) is 0 Å². The van der Waals surface area contributed by atoms with Crippen LogP contribution in [0.4, 0.5) is 11.4 Å². The number of carbonyl (C=O) groups is 1. The Labute approximate surface area is 154 Å². The molecule has 4 nitrogen and oxygen atoms in total. The van der Waals surface area contributed by atoms with Crippen LogP contribution in [0.3, 0.4) is 0 Å². The molecule has 1 heterocycles. The molecule has 1 amide bonds. The van der Waals surface area contributed by atoms with Crippen molar-refractivity contribution in [2.45, 2.75) is 19.8 Å². The van der Waals surface area contributed by atoms with Crippen molar-refractivity contribution in [1.82, 2.24) is 5.32 Å². The Hall–Kier alpha value is -2.20. The van der Waals surface area contributed by atoms with Gasteiger partial charge < -0.3 is 16.0 Å². The first kappa shape index (κ1) is 17.6. The number of carbonyl (C=O) groups excluding carboxylic acids is 1. The second-order valence-corrected chi connectivity index (χ2v) is 7.19. The predicted molar refractivity (Wildman–Crippen MR) is 104 cm³/mol. The van der Waals surface area contributed by atoms with Gasteiger partial charge in [-0.3, -0.25) is 4.79 Å². The number of rotatable bonds is 5. The zero-order valence-electron chi connectivity index (χ0n) is 14.5. The first-order chi connectivity index (χ1) is 12.0. The molecule has 25 heavy (non-hydrogen) atoms. The summed E-state index contributed by atoms with van der Waals surface area (Å²) >= 11 is 6.13. The molecule has 0 aliphatic carbocycles. The van der Waals surface area contributed by atoms with Gasteiger partial charge in [0.25, 0.3) is 0 Å². The summed E-state index contributed by atoms with van der Waals surface area (Å²) in [6.07, 6.45) is 1.47. The van der Waals surface area contributed by atoms with E-state index < -0.39 is 0 Å². The summed E-state index contributed by atoms with van der Waals surface area (Å²) in [6, 6.07) is 13.4. The van der Waals surface area contributed by atoms with Crippen LogP contribution in [0, 0.1) is 12.8 Å². The van der Waals surface area contributed by atoms with E-state index in [1.165, 1.54) is 11.3 Å². The molecule has 132 valence electrons. The Morgan fingerprint density at radius 2 is 2.04 bits per heavy atom. The summed E-state index contributed by atoms with van der Waals surface area (Å²) in [6.45, 7) is 4.76. The standard InChI is InChI=1S/C20H24ClN3O/c1-14-2-5-17(21)11-19(14)24-9-8-16(13-24)12-23-20(25)10-15-3-6-18(22)7-4-15/h2-7,11,16H,8-10,12-13,22H2,1H3,(H,23,25). The van der Waals surface area contributed by atoms with Crippen molar-refractivity contribution in [3.8, 4) is 0 Å². The Balaban J connectivity index is 1.49. The number of nitrogens with zero attached hydrogens (tertiary/aromatic N) is 1. The molecule has 1 aliphatic heterocycles. The normalized spacial score (nSPS) is 16.9. The van der Waals surface area contributed by atoms with Crippen molar-refractivity contribution in [3.63, 3.8) is 0 Å². The van der Waals surface area contributed by atoms with Gasteiger partial charge in [0.15, 0.2) is 0 Å². The van der Waals surface area contributed by atoms with E-state index in [9.17, 15) is 4.79 Å². The third kappa shape index (κ3) is 4.67. The second-order valence-electron chi connectivity index (χ2n) is 6.75. The highest BCUT2D eigenvalue weighted by atomic mass is 35.5. The van der Waals surface area contributed by atoms with Crippen LogP contribution in [0.25, 0.3) is 0 Å². The number of aryl methyl sites for hydroxylation is 1. The van der Waals surface area contributed by atoms with Crippen molar-refractivity contribution in [2.24, 2.45) is 5.92 Å². The molecule has 2 aromatic rings. The summed E-state index contributed by atoms with van der Waals surface area (Å²) in [5.74, 6) is 0.524. The van der Waals surface area contributed by atoms with Gasteiger partial charge in [-0.1, -0.05) is 29.8 Å².